The number of hydrazone groups is 1. The van der Waals surface area contributed by atoms with Crippen molar-refractivity contribution in [2.75, 3.05) is 26.2 Å². The Morgan fingerprint density at radius 2 is 2.04 bits per heavy atom. The predicted molar refractivity (Wildman–Crippen MR) is 101 cm³/mol. The van der Waals surface area contributed by atoms with Crippen LogP contribution in [0.4, 0.5) is 0 Å². The van der Waals surface area contributed by atoms with Crippen LogP contribution >= 0.6 is 12.2 Å². The number of nitrogens with one attached hydrogen (secondary N) is 2. The monoisotopic (exact) mass is 346 g/mol. The van der Waals surface area contributed by atoms with Gasteiger partial charge in [-0.3, -0.25) is 10.3 Å². The van der Waals surface area contributed by atoms with Gasteiger partial charge in [-0.15, -0.1) is 0 Å². The molecule has 0 saturated carbocycles. The molecule has 0 radical (unpaired) electrons. The summed E-state index contributed by atoms with van der Waals surface area (Å²) in [4.78, 5) is 2.47. The number of nitrogens with zero attached hydrogens (tertiary/aromatic N) is 2. The van der Waals surface area contributed by atoms with Crippen molar-refractivity contribution in [3.05, 3.63) is 35.9 Å². The summed E-state index contributed by atoms with van der Waals surface area (Å²) in [6.45, 7) is 4.75. The van der Waals surface area contributed by atoms with Gasteiger partial charge in [-0.2, -0.15) is 5.10 Å². The van der Waals surface area contributed by atoms with Crippen LogP contribution in [0, 0.1) is 0 Å². The van der Waals surface area contributed by atoms with Gasteiger partial charge >= 0.3 is 0 Å². The van der Waals surface area contributed by atoms with Crippen LogP contribution in [0.2, 0.25) is 0 Å². The molecule has 2 heterocycles. The van der Waals surface area contributed by atoms with E-state index >= 15 is 0 Å². The standard InChI is InChI=1S/C18H26N4OS/c24-18(19-13-17-7-4-12-23-17)21-20-16-8-10-22(11-9-16)14-15-5-2-1-3-6-15/h1-3,5-6,17H,4,7-14H2,(H2,19,21,24)/t17-/m1/s1. The van der Waals surface area contributed by atoms with Crippen LogP contribution in [-0.4, -0.2) is 48.1 Å². The first-order valence-corrected chi connectivity index (χ1v) is 9.17. The Labute approximate surface area is 149 Å². The number of likely N-dealkylation sites (tertiary alicyclic amines) is 1. The first kappa shape index (κ1) is 17.3. The van der Waals surface area contributed by atoms with Crippen LogP contribution in [-0.2, 0) is 11.3 Å². The largest absolute Gasteiger partial charge is 0.376 e. The van der Waals surface area contributed by atoms with Gasteiger partial charge in [0, 0.05) is 51.3 Å². The lowest BCUT2D eigenvalue weighted by molar-refractivity contribution is 0.114. The summed E-state index contributed by atoms with van der Waals surface area (Å²) in [6, 6.07) is 10.6. The summed E-state index contributed by atoms with van der Waals surface area (Å²) in [5, 5.41) is 8.24. The minimum Gasteiger partial charge on any atom is -0.376 e. The molecule has 0 spiro atoms. The van der Waals surface area contributed by atoms with Crippen LogP contribution in [0.1, 0.15) is 31.2 Å². The molecule has 2 saturated heterocycles. The van der Waals surface area contributed by atoms with Crippen LogP contribution in [0.15, 0.2) is 35.4 Å². The SMILES string of the molecule is S=C(NC[C@H]1CCCO1)NN=C1CCN(Cc2ccccc2)CC1. The minimum absolute atomic E-state index is 0.290. The van der Waals surface area contributed by atoms with Crippen LogP contribution in [0.25, 0.3) is 0 Å². The molecule has 6 heteroatoms. The molecule has 24 heavy (non-hydrogen) atoms. The van der Waals surface area contributed by atoms with Crippen LogP contribution in [0.3, 0.4) is 0 Å². The molecule has 1 aromatic rings. The Morgan fingerprint density at radius 1 is 1.25 bits per heavy atom. The Hall–Kier alpha value is -1.50. The molecular formula is C18H26N4OS. The maximum atomic E-state index is 5.57. The molecule has 2 fully saturated rings. The quantitative estimate of drug-likeness (QED) is 0.633. The first-order chi connectivity index (χ1) is 11.8. The number of thiocarbonyl (C=S) groups is 1. The van der Waals surface area contributed by atoms with Crippen molar-refractivity contribution in [3.63, 3.8) is 0 Å². The van der Waals surface area contributed by atoms with Crippen molar-refractivity contribution in [1.29, 1.82) is 0 Å². The third-order valence-corrected chi connectivity index (χ3v) is 4.75. The van der Waals surface area contributed by atoms with Gasteiger partial charge in [0.05, 0.1) is 6.10 Å². The fourth-order valence-corrected chi connectivity index (χ4v) is 3.23. The molecule has 0 amide bonds. The number of rotatable bonds is 5. The molecule has 3 rings (SSSR count). The highest BCUT2D eigenvalue weighted by Crippen LogP contribution is 2.12. The smallest absolute Gasteiger partial charge is 0.187 e. The van der Waals surface area contributed by atoms with Crippen molar-refractivity contribution < 1.29 is 4.74 Å². The van der Waals surface area contributed by atoms with E-state index in [0.29, 0.717) is 11.2 Å². The summed E-state index contributed by atoms with van der Waals surface area (Å²) in [5.74, 6) is 0. The average molecular weight is 347 g/mol. The van der Waals surface area contributed by atoms with E-state index < -0.39 is 0 Å². The third-order valence-electron chi connectivity index (χ3n) is 4.51. The predicted octanol–water partition coefficient (Wildman–Crippen LogP) is 2.28. The zero-order valence-electron chi connectivity index (χ0n) is 14.0. The van der Waals surface area contributed by atoms with Crippen molar-refractivity contribution >= 4 is 23.0 Å². The summed E-state index contributed by atoms with van der Waals surface area (Å²) in [7, 11) is 0. The topological polar surface area (TPSA) is 48.9 Å². The van der Waals surface area contributed by atoms with Gasteiger partial charge in [0.2, 0.25) is 0 Å². The van der Waals surface area contributed by atoms with Gasteiger partial charge in [-0.25, -0.2) is 0 Å². The highest BCUT2D eigenvalue weighted by Gasteiger charge is 2.16. The summed E-state index contributed by atoms with van der Waals surface area (Å²) < 4.78 is 5.57. The number of benzene rings is 1. The van der Waals surface area contributed by atoms with Gasteiger partial charge in [0.15, 0.2) is 5.11 Å². The molecule has 0 aliphatic carbocycles. The molecular weight excluding hydrogens is 320 g/mol. The lowest BCUT2D eigenvalue weighted by Gasteiger charge is -2.27. The molecule has 1 aromatic carbocycles. The lowest BCUT2D eigenvalue weighted by Crippen LogP contribution is -2.39. The van der Waals surface area contributed by atoms with E-state index in [1.54, 1.807) is 0 Å². The zero-order chi connectivity index (χ0) is 16.6. The number of hydrogen-bond donors (Lipinski definition) is 2. The maximum Gasteiger partial charge on any atom is 0.187 e. The molecule has 0 aromatic heterocycles. The summed E-state index contributed by atoms with van der Waals surface area (Å²) >= 11 is 5.27. The molecule has 2 aliphatic heterocycles. The van der Waals surface area contributed by atoms with E-state index in [2.05, 4.69) is 51.1 Å². The zero-order valence-corrected chi connectivity index (χ0v) is 14.9. The maximum absolute atomic E-state index is 5.57. The van der Waals surface area contributed by atoms with Gasteiger partial charge in [0.1, 0.15) is 0 Å². The Morgan fingerprint density at radius 3 is 2.75 bits per heavy atom. The lowest BCUT2D eigenvalue weighted by atomic mass is 10.1. The molecule has 2 N–H and O–H groups in total. The average Bonchev–Trinajstić information content (AvgIpc) is 3.14. The highest BCUT2D eigenvalue weighted by atomic mass is 32.1. The molecule has 130 valence electrons. The molecule has 0 bridgehead atoms. The van der Waals surface area contributed by atoms with Gasteiger partial charge < -0.3 is 10.1 Å². The first-order valence-electron chi connectivity index (χ1n) is 8.77. The normalized spacial score (nSPS) is 21.5. The second-order valence-electron chi connectivity index (χ2n) is 6.40. The van der Waals surface area contributed by atoms with E-state index in [-0.39, 0.29) is 0 Å². The van der Waals surface area contributed by atoms with E-state index in [1.807, 2.05) is 0 Å². The van der Waals surface area contributed by atoms with Gasteiger partial charge in [-0.1, -0.05) is 30.3 Å². The van der Waals surface area contributed by atoms with Crippen LogP contribution in [0.5, 0.6) is 0 Å². The van der Waals surface area contributed by atoms with E-state index in [1.165, 1.54) is 11.3 Å². The van der Waals surface area contributed by atoms with Gasteiger partial charge in [-0.05, 0) is 30.6 Å². The van der Waals surface area contributed by atoms with E-state index in [4.69, 9.17) is 17.0 Å². The summed E-state index contributed by atoms with van der Waals surface area (Å²) in [6.07, 6.45) is 4.54. The Bertz CT molecular complexity index is 547. The molecule has 5 nitrogen and oxygen atoms in total. The van der Waals surface area contributed by atoms with Crippen molar-refractivity contribution in [2.45, 2.75) is 38.3 Å². The second kappa shape index (κ2) is 9.11. The molecule has 2 aliphatic rings. The Kier molecular flexibility index (Phi) is 6.57. The van der Waals surface area contributed by atoms with Gasteiger partial charge in [0.25, 0.3) is 0 Å². The Balaban J connectivity index is 1.34. The summed E-state index contributed by atoms with van der Waals surface area (Å²) in [5.41, 5.74) is 5.54. The number of piperidine rings is 1. The fraction of sp³-hybridized carbons (Fsp3) is 0.556. The minimum atomic E-state index is 0.290. The van der Waals surface area contributed by atoms with E-state index in [9.17, 15) is 0 Å². The fourth-order valence-electron chi connectivity index (χ4n) is 3.10. The van der Waals surface area contributed by atoms with Crippen molar-refractivity contribution in [2.24, 2.45) is 5.10 Å². The molecule has 0 unspecified atom stereocenters. The number of ether oxygens (including phenoxy) is 1. The second-order valence-corrected chi connectivity index (χ2v) is 6.80. The van der Waals surface area contributed by atoms with Crippen molar-refractivity contribution in [1.82, 2.24) is 15.6 Å². The van der Waals surface area contributed by atoms with Crippen LogP contribution < -0.4 is 10.7 Å². The van der Waals surface area contributed by atoms with E-state index in [0.717, 1.165) is 58.5 Å². The number of hydrogen-bond acceptors (Lipinski definition) is 4. The molecule has 1 atom stereocenters. The highest BCUT2D eigenvalue weighted by molar-refractivity contribution is 7.80. The third kappa shape index (κ3) is 5.54. The van der Waals surface area contributed by atoms with Crippen molar-refractivity contribution in [3.8, 4) is 0 Å².